The van der Waals surface area contributed by atoms with Crippen LogP contribution in [0.15, 0.2) is 12.1 Å². The number of carboxylic acid groups (broad SMARTS) is 1. The minimum Gasteiger partial charge on any atom is -0.507 e. The molecular formula is C40H54N2O13S2. The highest BCUT2D eigenvalue weighted by Crippen LogP contribution is 2.65. The first-order valence-corrected chi connectivity index (χ1v) is 22.4. The maximum atomic E-state index is 12.6. The number of phenols is 2. The third-order valence-electron chi connectivity index (χ3n) is 14.3. The Labute approximate surface area is 338 Å². The van der Waals surface area contributed by atoms with E-state index in [1.54, 1.807) is 10.8 Å². The van der Waals surface area contributed by atoms with Gasteiger partial charge in [0.1, 0.15) is 47.1 Å². The molecule has 6 fully saturated rings. The molecule has 2 saturated carbocycles. The van der Waals surface area contributed by atoms with Gasteiger partial charge in [0.25, 0.3) is 0 Å². The van der Waals surface area contributed by atoms with Gasteiger partial charge in [-0.05, 0) is 94.6 Å². The molecule has 0 aromatic heterocycles. The molecule has 314 valence electrons. The van der Waals surface area contributed by atoms with E-state index in [9.17, 15) is 45.3 Å². The third-order valence-corrected chi connectivity index (χ3v) is 16.5. The Morgan fingerprint density at radius 3 is 2.63 bits per heavy atom. The van der Waals surface area contributed by atoms with Crippen LogP contribution in [0, 0.1) is 29.6 Å². The molecule has 17 heteroatoms. The number of ether oxygens (including phenoxy) is 4. The van der Waals surface area contributed by atoms with Gasteiger partial charge in [-0.2, -0.15) is 0 Å². The highest BCUT2D eigenvalue weighted by molar-refractivity contribution is 8.76. The summed E-state index contributed by atoms with van der Waals surface area (Å²) in [5, 5.41) is 77.3. The number of hydrazine groups is 1. The molecule has 57 heavy (non-hydrogen) atoms. The number of phenolic OH excluding ortho intramolecular Hbond substituents is 2. The number of benzene rings is 2. The molecule has 9 N–H and O–H groups in total. The van der Waals surface area contributed by atoms with Gasteiger partial charge in [0, 0.05) is 46.9 Å². The number of Topliss-reactive ketones (excluding diaryl/α,β-unsaturated/α-hetero) is 1. The number of aromatic carboxylic acids is 1. The number of ketones is 1. The SMILES string of the molecule is CC(=O)c1c(C)c(O)c2cc(C(=O)O)cc(O[C@H]3O[C@H](CO)[C@@]4(CC[C@@]56C[C@@]7(CCC[C@@H]7NN5)C[C@@H]5COC[C@](CCCO)(CSSCO4)[C@H]56)[C@H](O)[C@H]3O)c2c1O. The summed E-state index contributed by atoms with van der Waals surface area (Å²) in [6, 6.07) is 2.52. The van der Waals surface area contributed by atoms with Crippen LogP contribution in [0.2, 0.25) is 0 Å². The van der Waals surface area contributed by atoms with Crippen LogP contribution in [-0.2, 0) is 14.2 Å². The van der Waals surface area contributed by atoms with Crippen LogP contribution in [0.1, 0.15) is 91.0 Å². The Bertz CT molecular complexity index is 1900. The Morgan fingerprint density at radius 2 is 1.89 bits per heavy atom. The van der Waals surface area contributed by atoms with Gasteiger partial charge in [-0.1, -0.05) is 28.0 Å². The fourth-order valence-electron chi connectivity index (χ4n) is 12.0. The maximum absolute atomic E-state index is 12.6. The molecule has 0 radical (unpaired) electrons. The van der Waals surface area contributed by atoms with Crippen molar-refractivity contribution in [2.24, 2.45) is 22.7 Å². The van der Waals surface area contributed by atoms with Gasteiger partial charge in [0.15, 0.2) is 5.78 Å². The molecule has 2 aliphatic carbocycles. The fraction of sp³-hybridized carbons (Fsp3) is 0.700. The minimum absolute atomic E-state index is 0.0415. The van der Waals surface area contributed by atoms with Crippen LogP contribution in [0.25, 0.3) is 10.8 Å². The Morgan fingerprint density at radius 1 is 1.09 bits per heavy atom. The molecule has 15 nitrogen and oxygen atoms in total. The first kappa shape index (κ1) is 41.3. The lowest BCUT2D eigenvalue weighted by Gasteiger charge is -2.67. The van der Waals surface area contributed by atoms with E-state index in [0.717, 1.165) is 56.4 Å². The third kappa shape index (κ3) is 6.63. The molecule has 4 heterocycles. The van der Waals surface area contributed by atoms with Gasteiger partial charge in [-0.3, -0.25) is 15.6 Å². The van der Waals surface area contributed by atoms with Crippen LogP contribution in [0.4, 0.5) is 0 Å². The standard InChI is InChI=1S/C40H54N2O13S2/c1-20-28(21(2)45)31(47)29-24(30(20)46)11-22(35(50)51)12-25(29)54-36-32(48)34(49)40(27(14-44)55-36)9-8-39-16-37(6-3-5-26(37)41-42-39)13-23-15-52-17-38(33(23)39,7-4-10-43)18-56-57-19-53-40/h11-12,23,26-27,32-34,36,41-44,46-49H,3-10,13-19H2,1-2H3,(H,50,51)/t23-,26+,27-,32-,33+,34-,36+,37-,38-,39+,40+/m1/s1. The van der Waals surface area contributed by atoms with E-state index in [1.807, 2.05) is 0 Å². The van der Waals surface area contributed by atoms with Crippen molar-refractivity contribution in [3.63, 3.8) is 0 Å². The van der Waals surface area contributed by atoms with Crippen LogP contribution in [0.5, 0.6) is 17.2 Å². The van der Waals surface area contributed by atoms with Crippen LogP contribution in [0.3, 0.4) is 0 Å². The zero-order chi connectivity index (χ0) is 40.5. The Balaban J connectivity index is 1.17. The predicted molar refractivity (Wildman–Crippen MR) is 210 cm³/mol. The van der Waals surface area contributed by atoms with Crippen molar-refractivity contribution in [3.05, 3.63) is 28.8 Å². The summed E-state index contributed by atoms with van der Waals surface area (Å²) in [5.74, 6) is -2.03. The van der Waals surface area contributed by atoms with E-state index < -0.39 is 65.6 Å². The molecule has 4 saturated heterocycles. The van der Waals surface area contributed by atoms with Crippen molar-refractivity contribution in [1.82, 2.24) is 10.9 Å². The first-order valence-electron chi connectivity index (χ1n) is 19.9. The number of aromatic hydroxyl groups is 2. The molecule has 11 atom stereocenters. The normalized spacial score (nSPS) is 39.2. The number of nitrogens with one attached hydrogen (secondary N) is 2. The maximum Gasteiger partial charge on any atom is 0.335 e. The molecule has 3 spiro atoms. The van der Waals surface area contributed by atoms with E-state index in [-0.39, 0.29) is 74.8 Å². The number of carbonyl (C=O) groups excluding carboxylic acids is 1. The van der Waals surface area contributed by atoms with Crippen LogP contribution >= 0.6 is 21.6 Å². The zero-order valence-electron chi connectivity index (χ0n) is 32.2. The Kier molecular flexibility index (Phi) is 11.3. The summed E-state index contributed by atoms with van der Waals surface area (Å²) < 4.78 is 25.5. The van der Waals surface area contributed by atoms with Gasteiger partial charge in [0.05, 0.1) is 29.7 Å². The average Bonchev–Trinajstić information content (AvgIpc) is 3.57. The number of fused-ring (bicyclic) bond motifs is 1. The summed E-state index contributed by atoms with van der Waals surface area (Å²) in [6.07, 6.45) is 0.872. The average molecular weight is 835 g/mol. The van der Waals surface area contributed by atoms with E-state index in [1.165, 1.54) is 24.6 Å². The Hall–Kier alpha value is -2.42. The molecule has 2 bridgehead atoms. The fourth-order valence-corrected chi connectivity index (χ4v) is 14.4. The molecule has 0 unspecified atom stereocenters. The highest BCUT2D eigenvalue weighted by atomic mass is 33.1. The van der Waals surface area contributed by atoms with Crippen LogP contribution < -0.4 is 15.6 Å². The smallest absolute Gasteiger partial charge is 0.335 e. The largest absolute Gasteiger partial charge is 0.507 e. The second-order valence-electron chi connectivity index (χ2n) is 17.3. The second kappa shape index (κ2) is 15.6. The van der Waals surface area contributed by atoms with E-state index in [2.05, 4.69) is 10.9 Å². The van der Waals surface area contributed by atoms with Crippen molar-refractivity contribution in [1.29, 1.82) is 0 Å². The minimum atomic E-state index is -1.81. The summed E-state index contributed by atoms with van der Waals surface area (Å²) >= 11 is 0. The summed E-state index contributed by atoms with van der Waals surface area (Å²) in [4.78, 5) is 24.8. The lowest BCUT2D eigenvalue weighted by Crippen LogP contribution is -2.77. The number of hydrogen-bond acceptors (Lipinski definition) is 16. The summed E-state index contributed by atoms with van der Waals surface area (Å²) in [7, 11) is 3.10. The monoisotopic (exact) mass is 834 g/mol. The number of aliphatic hydroxyl groups excluding tert-OH is 4. The topological polar surface area (TPSA) is 237 Å². The molecule has 2 aromatic carbocycles. The van der Waals surface area contributed by atoms with Crippen molar-refractivity contribution in [3.8, 4) is 17.2 Å². The number of carboxylic acids is 1. The second-order valence-corrected chi connectivity index (χ2v) is 19.7. The quantitative estimate of drug-likeness (QED) is 0.105. The number of rotatable bonds is 8. The molecule has 0 amide bonds. The van der Waals surface area contributed by atoms with Crippen molar-refractivity contribution in [2.45, 2.75) is 113 Å². The number of hydrogen-bond donors (Lipinski definition) is 9. The molecular weight excluding hydrogens is 781 g/mol. The summed E-state index contributed by atoms with van der Waals surface area (Å²) in [5.41, 5.74) is 4.79. The number of carbonyl (C=O) groups is 2. The van der Waals surface area contributed by atoms with Gasteiger partial charge < -0.3 is 54.7 Å². The van der Waals surface area contributed by atoms with Crippen molar-refractivity contribution in [2.75, 3.05) is 38.1 Å². The van der Waals surface area contributed by atoms with E-state index in [4.69, 9.17) is 18.9 Å². The molecule has 4 aliphatic heterocycles. The summed E-state index contributed by atoms with van der Waals surface area (Å²) in [6.45, 7) is 3.27. The van der Waals surface area contributed by atoms with Gasteiger partial charge in [-0.25, -0.2) is 4.79 Å². The van der Waals surface area contributed by atoms with E-state index >= 15 is 0 Å². The van der Waals surface area contributed by atoms with Crippen LogP contribution in [-0.4, -0.2) is 127 Å². The van der Waals surface area contributed by atoms with Gasteiger partial charge in [-0.15, -0.1) is 0 Å². The predicted octanol–water partition coefficient (Wildman–Crippen LogP) is 3.37. The molecule has 2 aromatic rings. The molecule has 8 rings (SSSR count). The highest BCUT2D eigenvalue weighted by Gasteiger charge is 2.67. The van der Waals surface area contributed by atoms with Crippen molar-refractivity contribution < 1.29 is 64.3 Å². The zero-order valence-corrected chi connectivity index (χ0v) is 33.8. The van der Waals surface area contributed by atoms with E-state index in [0.29, 0.717) is 32.1 Å². The lowest BCUT2D eigenvalue weighted by atomic mass is 9.46. The lowest BCUT2D eigenvalue weighted by molar-refractivity contribution is -0.323. The van der Waals surface area contributed by atoms with Crippen molar-refractivity contribution >= 4 is 44.1 Å². The first-order chi connectivity index (χ1) is 27.3. The molecule has 6 aliphatic rings. The van der Waals surface area contributed by atoms with Gasteiger partial charge in [0.2, 0.25) is 6.29 Å². The van der Waals surface area contributed by atoms with Gasteiger partial charge >= 0.3 is 5.97 Å². The number of aliphatic hydroxyl groups is 4.